The lowest BCUT2D eigenvalue weighted by Crippen LogP contribution is -2.66. The summed E-state index contributed by atoms with van der Waals surface area (Å²) in [6.07, 6.45) is 72.4. The predicted octanol–water partition coefficient (Wildman–Crippen LogP) is 19.5. The summed E-state index contributed by atoms with van der Waals surface area (Å²) in [5, 5.41) is 122. The first-order chi connectivity index (χ1) is 56.3. The molecule has 19 heteroatoms. The molecule has 3 fully saturated rings. The first-order valence-corrected chi connectivity index (χ1v) is 48.4. The Hall–Kier alpha value is -2.25. The Balaban J connectivity index is 1.28. The van der Waals surface area contributed by atoms with Crippen LogP contribution in [0.15, 0.2) is 48.6 Å². The minimum Gasteiger partial charge on any atom is -0.394 e. The molecule has 19 nitrogen and oxygen atoms in total. The highest BCUT2D eigenvalue weighted by Gasteiger charge is 2.54. The van der Waals surface area contributed by atoms with Crippen LogP contribution in [0.4, 0.5) is 0 Å². The number of hydrogen-bond donors (Lipinski definition) is 12. The quantitative estimate of drug-likeness (QED) is 0.0199. The summed E-state index contributed by atoms with van der Waals surface area (Å²) in [5.41, 5.74) is 0. The molecular formula is C96H179NO18. The largest absolute Gasteiger partial charge is 0.394 e. The van der Waals surface area contributed by atoms with E-state index in [0.29, 0.717) is 12.8 Å². The zero-order chi connectivity index (χ0) is 83.1. The van der Waals surface area contributed by atoms with Crippen molar-refractivity contribution in [3.63, 3.8) is 0 Å². The summed E-state index contributed by atoms with van der Waals surface area (Å²) in [4.78, 5) is 13.6. The summed E-state index contributed by atoms with van der Waals surface area (Å²) in [7, 11) is 0. The lowest BCUT2D eigenvalue weighted by Gasteiger charge is -2.48. The highest BCUT2D eigenvalue weighted by atomic mass is 16.8. The average Bonchev–Trinajstić information content (AvgIpc) is 0.779. The third kappa shape index (κ3) is 53.4. The molecule has 3 aliphatic heterocycles. The van der Waals surface area contributed by atoms with E-state index in [-0.39, 0.29) is 18.9 Å². The molecule has 0 radical (unpaired) electrons. The van der Waals surface area contributed by atoms with Gasteiger partial charge in [-0.25, -0.2) is 0 Å². The number of amides is 1. The Bertz CT molecular complexity index is 2260. The third-order valence-electron chi connectivity index (χ3n) is 24.2. The van der Waals surface area contributed by atoms with Crippen LogP contribution in [0.2, 0.25) is 0 Å². The summed E-state index contributed by atoms with van der Waals surface area (Å²) in [6, 6.07) is -0.888. The SMILES string of the molecule is CC/C=C\C/C=C\C/C=C\C/C=C\CCCCCCCCCCCCCCCCCCCCCCCCCCCCC(=O)NC(COC1OC(CO)C(OC2OC(CO)C(OC3OC(CO)C(O)C(O)C3O)C(O)C2O)C(O)C1O)C(O)CCCCCCCCCCCCCCCCCCCCCCCCCCCCCCCCC. The van der Waals surface area contributed by atoms with Gasteiger partial charge in [-0.15, -0.1) is 0 Å². The first-order valence-electron chi connectivity index (χ1n) is 48.4. The Morgan fingerprint density at radius 1 is 0.322 bits per heavy atom. The maximum Gasteiger partial charge on any atom is 0.220 e. The zero-order valence-corrected chi connectivity index (χ0v) is 73.3. The van der Waals surface area contributed by atoms with Crippen molar-refractivity contribution in [2.45, 2.75) is 529 Å². The lowest BCUT2D eigenvalue weighted by atomic mass is 9.96. The smallest absolute Gasteiger partial charge is 0.220 e. The molecule has 0 saturated carbocycles. The second kappa shape index (κ2) is 75.5. The molecule has 3 heterocycles. The van der Waals surface area contributed by atoms with Crippen molar-refractivity contribution in [1.29, 1.82) is 0 Å². The maximum absolute atomic E-state index is 13.6. The highest BCUT2D eigenvalue weighted by Crippen LogP contribution is 2.34. The molecule has 0 bridgehead atoms. The van der Waals surface area contributed by atoms with Crippen molar-refractivity contribution in [3.05, 3.63) is 48.6 Å². The van der Waals surface area contributed by atoms with Crippen LogP contribution >= 0.6 is 0 Å². The van der Waals surface area contributed by atoms with E-state index in [1.165, 1.54) is 321 Å². The zero-order valence-electron chi connectivity index (χ0n) is 73.3. The molecule has 0 aromatic heterocycles. The number of carbonyl (C=O) groups excluding carboxylic acids is 1. The van der Waals surface area contributed by atoms with Gasteiger partial charge in [0, 0.05) is 6.42 Å². The van der Waals surface area contributed by atoms with Crippen molar-refractivity contribution in [2.75, 3.05) is 26.4 Å². The molecule has 676 valence electrons. The topological polar surface area (TPSA) is 307 Å². The van der Waals surface area contributed by atoms with E-state index in [1.807, 2.05) is 0 Å². The van der Waals surface area contributed by atoms with E-state index < -0.39 is 124 Å². The molecule has 3 saturated heterocycles. The van der Waals surface area contributed by atoms with Crippen LogP contribution in [0, 0.1) is 0 Å². The number of rotatable bonds is 80. The number of hydrogen-bond acceptors (Lipinski definition) is 18. The number of aliphatic hydroxyl groups is 11. The van der Waals surface area contributed by atoms with E-state index in [2.05, 4.69) is 67.8 Å². The molecular weight excluding hydrogens is 1460 g/mol. The summed E-state index contributed by atoms with van der Waals surface area (Å²) in [6.45, 7) is 1.77. The van der Waals surface area contributed by atoms with Gasteiger partial charge in [0.15, 0.2) is 18.9 Å². The van der Waals surface area contributed by atoms with Gasteiger partial charge >= 0.3 is 0 Å². The van der Waals surface area contributed by atoms with Crippen molar-refractivity contribution in [1.82, 2.24) is 5.32 Å². The van der Waals surface area contributed by atoms with Gasteiger partial charge in [0.05, 0.1) is 38.6 Å². The minimum absolute atomic E-state index is 0.233. The van der Waals surface area contributed by atoms with E-state index >= 15 is 0 Å². The van der Waals surface area contributed by atoms with Crippen LogP contribution in [0.5, 0.6) is 0 Å². The number of unbranched alkanes of at least 4 members (excludes halogenated alkanes) is 56. The predicted molar refractivity (Wildman–Crippen MR) is 466 cm³/mol. The van der Waals surface area contributed by atoms with Crippen molar-refractivity contribution in [3.8, 4) is 0 Å². The summed E-state index contributed by atoms with van der Waals surface area (Å²) < 4.78 is 34.6. The minimum atomic E-state index is -1.97. The number of allylic oxidation sites excluding steroid dienone is 8. The number of ether oxygens (including phenoxy) is 6. The van der Waals surface area contributed by atoms with Gasteiger partial charge in [-0.05, 0) is 51.4 Å². The molecule has 0 spiro atoms. The third-order valence-corrected chi connectivity index (χ3v) is 24.2. The normalized spacial score (nSPS) is 24.8. The van der Waals surface area contributed by atoms with Gasteiger partial charge in [-0.1, -0.05) is 416 Å². The molecule has 1 amide bonds. The van der Waals surface area contributed by atoms with Gasteiger partial charge in [0.2, 0.25) is 5.91 Å². The van der Waals surface area contributed by atoms with Crippen molar-refractivity contribution < 1.29 is 89.4 Å². The molecule has 0 aromatic carbocycles. The molecule has 12 N–H and O–H groups in total. The second-order valence-electron chi connectivity index (χ2n) is 34.5. The van der Waals surface area contributed by atoms with Crippen LogP contribution in [-0.4, -0.2) is 193 Å². The van der Waals surface area contributed by atoms with Gasteiger partial charge in [0.25, 0.3) is 0 Å². The molecule has 17 unspecified atom stereocenters. The molecule has 17 atom stereocenters. The lowest BCUT2D eigenvalue weighted by molar-refractivity contribution is -0.379. The Labute approximate surface area is 701 Å². The van der Waals surface area contributed by atoms with Gasteiger partial charge in [-0.3, -0.25) is 4.79 Å². The fourth-order valence-corrected chi connectivity index (χ4v) is 16.5. The number of nitrogens with one attached hydrogen (secondary N) is 1. The number of carbonyl (C=O) groups is 1. The van der Waals surface area contributed by atoms with Crippen LogP contribution in [0.3, 0.4) is 0 Å². The van der Waals surface area contributed by atoms with Crippen molar-refractivity contribution >= 4 is 5.91 Å². The van der Waals surface area contributed by atoms with Crippen LogP contribution in [-0.2, 0) is 33.2 Å². The summed E-state index contributed by atoms with van der Waals surface area (Å²) in [5.74, 6) is -0.233. The molecule has 0 aromatic rings. The summed E-state index contributed by atoms with van der Waals surface area (Å²) >= 11 is 0. The Kier molecular flexibility index (Phi) is 70.2. The average molecular weight is 1640 g/mol. The molecule has 3 aliphatic rings. The van der Waals surface area contributed by atoms with E-state index in [0.717, 1.165) is 70.6 Å². The fourth-order valence-electron chi connectivity index (χ4n) is 16.5. The first kappa shape index (κ1) is 107. The maximum atomic E-state index is 13.6. The van der Waals surface area contributed by atoms with Crippen LogP contribution in [0.1, 0.15) is 425 Å². The van der Waals surface area contributed by atoms with E-state index in [1.54, 1.807) is 0 Å². The van der Waals surface area contributed by atoms with Crippen molar-refractivity contribution in [2.24, 2.45) is 0 Å². The highest BCUT2D eigenvalue weighted by molar-refractivity contribution is 5.76. The van der Waals surface area contributed by atoms with Crippen LogP contribution in [0.25, 0.3) is 0 Å². The fraction of sp³-hybridized carbons (Fsp3) is 0.906. The van der Waals surface area contributed by atoms with Gasteiger partial charge in [0.1, 0.15) is 73.2 Å². The van der Waals surface area contributed by atoms with E-state index in [4.69, 9.17) is 28.4 Å². The monoisotopic (exact) mass is 1630 g/mol. The Morgan fingerprint density at radius 3 is 0.939 bits per heavy atom. The Morgan fingerprint density at radius 2 is 0.600 bits per heavy atom. The standard InChI is InChI=1S/C96H179NO18/c1-3-5-7-9-11-13-15-17-19-21-23-25-27-29-31-33-35-36-37-38-39-40-41-42-44-46-48-50-52-54-56-58-60-62-64-66-68-70-72-74-84(102)97-79(80(101)73-71-69-67-65-63-61-59-57-55-53-51-49-47-45-43-34-32-30-28-26-24-22-20-18-16-14-12-10-8-6-4-2)78-110-94-90(108)87(105)92(82(76-99)112-94)115-96-91(109)88(106)93(83(77-100)113-96)114-95-89(107)86(104)85(103)81(75-98)111-95/h5,7,11,13,17,19,23,25,79-83,85-96,98-101,103-109H,3-4,6,8-10,12,14-16,18,20-22,24,26-78H2,1-2H3,(H,97,102)/b7-5-,13-11-,19-17-,25-23-. The van der Waals surface area contributed by atoms with Gasteiger partial charge < -0.3 is 89.9 Å². The molecule has 115 heavy (non-hydrogen) atoms. The van der Waals surface area contributed by atoms with Crippen LogP contribution < -0.4 is 5.32 Å². The molecule has 0 aliphatic carbocycles. The van der Waals surface area contributed by atoms with E-state index in [9.17, 15) is 61.0 Å². The number of aliphatic hydroxyl groups excluding tert-OH is 11. The second-order valence-corrected chi connectivity index (χ2v) is 34.5. The molecule has 3 rings (SSSR count). The van der Waals surface area contributed by atoms with Gasteiger partial charge in [-0.2, -0.15) is 0 Å².